The second kappa shape index (κ2) is 7.24. The maximum absolute atomic E-state index is 12.6. The number of hydrogen-bond acceptors (Lipinski definition) is 4. The van der Waals surface area contributed by atoms with Crippen LogP contribution in [0.15, 0.2) is 52.2 Å². The van der Waals surface area contributed by atoms with Gasteiger partial charge in [0, 0.05) is 17.6 Å². The monoisotopic (exact) mass is 394 g/mol. The average Bonchev–Trinajstić information content (AvgIpc) is 2.95. The highest BCUT2D eigenvalue weighted by Gasteiger charge is 2.20. The molecule has 0 aliphatic rings. The van der Waals surface area contributed by atoms with Gasteiger partial charge >= 0.3 is 5.69 Å². The molecule has 0 saturated carbocycles. The van der Waals surface area contributed by atoms with E-state index in [1.807, 2.05) is 31.1 Å². The van der Waals surface area contributed by atoms with Crippen molar-refractivity contribution in [1.82, 2.24) is 19.6 Å². The summed E-state index contributed by atoms with van der Waals surface area (Å²) >= 11 is 5.92. The van der Waals surface area contributed by atoms with Crippen LogP contribution in [0.5, 0.6) is 0 Å². The smallest absolute Gasteiger partial charge is 0.306 e. The number of H-pyrrole nitrogens is 2. The summed E-state index contributed by atoms with van der Waals surface area (Å²) in [5.74, 6) is 0. The first-order chi connectivity index (χ1) is 12.3. The molecule has 3 N–H and O–H groups in total. The Morgan fingerprint density at radius 1 is 1.08 bits per heavy atom. The van der Waals surface area contributed by atoms with Crippen LogP contribution in [0.25, 0.3) is 11.0 Å². The van der Waals surface area contributed by atoms with Gasteiger partial charge in [0.05, 0.1) is 15.9 Å². The summed E-state index contributed by atoms with van der Waals surface area (Å²) in [4.78, 5) is 18.5. The molecule has 1 heterocycles. The number of rotatable bonds is 6. The first kappa shape index (κ1) is 18.7. The van der Waals surface area contributed by atoms with Crippen LogP contribution in [0, 0.1) is 0 Å². The number of benzene rings is 2. The molecule has 0 radical (unpaired) electrons. The van der Waals surface area contributed by atoms with Crippen LogP contribution >= 0.6 is 11.6 Å². The number of hydrogen-bond donors (Lipinski definition) is 3. The Kier molecular flexibility index (Phi) is 5.19. The Hall–Kier alpha value is -2.13. The maximum atomic E-state index is 12.6. The zero-order valence-corrected chi connectivity index (χ0v) is 15.9. The Labute approximate surface area is 156 Å². The molecule has 0 fully saturated rings. The van der Waals surface area contributed by atoms with Crippen molar-refractivity contribution >= 4 is 32.7 Å². The van der Waals surface area contributed by atoms with E-state index in [4.69, 9.17) is 11.6 Å². The fraction of sp³-hybridized carbons (Fsp3) is 0.235. The van der Waals surface area contributed by atoms with Crippen LogP contribution < -0.4 is 10.4 Å². The summed E-state index contributed by atoms with van der Waals surface area (Å²) in [6.45, 7) is 0.193. The third-order valence-corrected chi connectivity index (χ3v) is 5.82. The summed E-state index contributed by atoms with van der Waals surface area (Å²) in [5.41, 5.74) is 1.58. The Balaban J connectivity index is 1.82. The zero-order chi connectivity index (χ0) is 18.9. The van der Waals surface area contributed by atoms with Crippen LogP contribution in [-0.4, -0.2) is 43.9 Å². The number of nitrogens with one attached hydrogen (secondary N) is 3. The highest BCUT2D eigenvalue weighted by atomic mass is 35.5. The van der Waals surface area contributed by atoms with E-state index < -0.39 is 10.0 Å². The van der Waals surface area contributed by atoms with E-state index in [1.165, 1.54) is 12.1 Å². The van der Waals surface area contributed by atoms with Gasteiger partial charge in [-0.3, -0.25) is 0 Å². The molecule has 0 amide bonds. The summed E-state index contributed by atoms with van der Waals surface area (Å²) in [6.07, 6.45) is 0. The lowest BCUT2D eigenvalue weighted by molar-refractivity contribution is 0.299. The molecule has 7 nitrogen and oxygen atoms in total. The molecular formula is C17H19ClN4O3S. The normalized spacial score (nSPS) is 13.4. The fourth-order valence-corrected chi connectivity index (χ4v) is 3.92. The third kappa shape index (κ3) is 3.99. The molecule has 0 saturated heterocycles. The first-order valence-electron chi connectivity index (χ1n) is 7.90. The Morgan fingerprint density at radius 3 is 2.38 bits per heavy atom. The van der Waals surface area contributed by atoms with Crippen LogP contribution in [0.2, 0.25) is 5.02 Å². The maximum Gasteiger partial charge on any atom is 0.323 e. The summed E-state index contributed by atoms with van der Waals surface area (Å²) < 4.78 is 27.9. The van der Waals surface area contributed by atoms with E-state index in [1.54, 1.807) is 18.2 Å². The van der Waals surface area contributed by atoms with E-state index in [0.717, 1.165) is 5.56 Å². The topological polar surface area (TPSA) is 98.1 Å². The molecule has 2 aromatic carbocycles. The van der Waals surface area contributed by atoms with E-state index >= 15 is 0 Å². The zero-order valence-electron chi connectivity index (χ0n) is 14.3. The van der Waals surface area contributed by atoms with Crippen molar-refractivity contribution in [3.8, 4) is 0 Å². The molecule has 1 atom stereocenters. The van der Waals surface area contributed by atoms with Crippen molar-refractivity contribution in [3.63, 3.8) is 0 Å². The molecule has 0 bridgehead atoms. The number of nitrogens with zero attached hydrogens (tertiary/aromatic N) is 1. The third-order valence-electron chi connectivity index (χ3n) is 4.14. The second-order valence-electron chi connectivity index (χ2n) is 6.17. The number of sulfonamides is 1. The predicted octanol–water partition coefficient (Wildman–Crippen LogP) is 2.09. The van der Waals surface area contributed by atoms with Gasteiger partial charge in [-0.15, -0.1) is 0 Å². The molecule has 26 heavy (non-hydrogen) atoms. The Morgan fingerprint density at radius 2 is 1.73 bits per heavy atom. The molecule has 3 rings (SSSR count). The SMILES string of the molecule is CN(C)C(CNS(=O)(=O)c1ccc2[nH]c(=O)[nH]c2c1)c1ccc(Cl)cc1. The van der Waals surface area contributed by atoms with Crippen LogP contribution in [-0.2, 0) is 10.0 Å². The lowest BCUT2D eigenvalue weighted by atomic mass is 10.1. The lowest BCUT2D eigenvalue weighted by Gasteiger charge is -2.25. The van der Waals surface area contributed by atoms with Crippen molar-refractivity contribution in [2.75, 3.05) is 20.6 Å². The highest BCUT2D eigenvalue weighted by molar-refractivity contribution is 7.89. The lowest BCUT2D eigenvalue weighted by Crippen LogP contribution is -2.34. The van der Waals surface area contributed by atoms with Gasteiger partial charge < -0.3 is 14.9 Å². The molecule has 0 aliphatic carbocycles. The Bertz CT molecular complexity index is 1070. The van der Waals surface area contributed by atoms with E-state index in [-0.39, 0.29) is 23.2 Å². The van der Waals surface area contributed by atoms with Gasteiger partial charge in [0.2, 0.25) is 10.0 Å². The van der Waals surface area contributed by atoms with E-state index in [2.05, 4.69) is 14.7 Å². The minimum absolute atomic E-state index is 0.0915. The van der Waals surface area contributed by atoms with Gasteiger partial charge in [-0.05, 0) is 50.0 Å². The summed E-state index contributed by atoms with van der Waals surface area (Å²) in [6, 6.07) is 11.6. The quantitative estimate of drug-likeness (QED) is 0.596. The van der Waals surface area contributed by atoms with E-state index in [0.29, 0.717) is 16.1 Å². The number of halogens is 1. The number of aromatic amines is 2. The molecule has 0 aliphatic heterocycles. The van der Waals surface area contributed by atoms with E-state index in [9.17, 15) is 13.2 Å². The number of likely N-dealkylation sites (N-methyl/N-ethyl adjacent to an activating group) is 1. The molecule has 0 spiro atoms. The highest BCUT2D eigenvalue weighted by Crippen LogP contribution is 2.21. The number of imidazole rings is 1. The van der Waals surface area contributed by atoms with Gasteiger partial charge in [0.1, 0.15) is 0 Å². The largest absolute Gasteiger partial charge is 0.323 e. The molecule has 3 aromatic rings. The fourth-order valence-electron chi connectivity index (χ4n) is 2.73. The first-order valence-corrected chi connectivity index (χ1v) is 9.76. The van der Waals surface area contributed by atoms with Crippen molar-refractivity contribution in [3.05, 3.63) is 63.5 Å². The predicted molar refractivity (Wildman–Crippen MR) is 102 cm³/mol. The second-order valence-corrected chi connectivity index (χ2v) is 8.37. The summed E-state index contributed by atoms with van der Waals surface area (Å²) in [7, 11) is 0.0324. The van der Waals surface area contributed by atoms with Crippen LogP contribution in [0.3, 0.4) is 0 Å². The minimum atomic E-state index is -3.73. The molecule has 9 heteroatoms. The molecule has 1 aromatic heterocycles. The summed E-state index contributed by atoms with van der Waals surface area (Å²) in [5, 5.41) is 0.626. The minimum Gasteiger partial charge on any atom is -0.306 e. The van der Waals surface area contributed by atoms with Crippen LogP contribution in [0.1, 0.15) is 11.6 Å². The van der Waals surface area contributed by atoms with Crippen molar-refractivity contribution in [2.45, 2.75) is 10.9 Å². The number of aromatic nitrogens is 2. The standard InChI is InChI=1S/C17H19ClN4O3S/c1-22(2)16(11-3-5-12(18)6-4-11)10-19-26(24,25)13-7-8-14-15(9-13)21-17(23)20-14/h3-9,16,19H,10H2,1-2H3,(H2,20,21,23). The van der Waals surface area contributed by atoms with Gasteiger partial charge in [-0.25, -0.2) is 17.9 Å². The molecular weight excluding hydrogens is 376 g/mol. The molecule has 1 unspecified atom stereocenters. The number of fused-ring (bicyclic) bond motifs is 1. The van der Waals surface area contributed by atoms with Gasteiger partial charge in [-0.1, -0.05) is 23.7 Å². The van der Waals surface area contributed by atoms with Gasteiger partial charge in [-0.2, -0.15) is 0 Å². The van der Waals surface area contributed by atoms with Crippen molar-refractivity contribution in [2.24, 2.45) is 0 Å². The van der Waals surface area contributed by atoms with Crippen LogP contribution in [0.4, 0.5) is 0 Å². The van der Waals surface area contributed by atoms with Gasteiger partial charge in [0.15, 0.2) is 0 Å². The van der Waals surface area contributed by atoms with Crippen molar-refractivity contribution in [1.29, 1.82) is 0 Å². The molecule has 138 valence electrons. The average molecular weight is 395 g/mol. The van der Waals surface area contributed by atoms with Crippen molar-refractivity contribution < 1.29 is 8.42 Å². The van der Waals surface area contributed by atoms with Gasteiger partial charge in [0.25, 0.3) is 0 Å².